The van der Waals surface area contributed by atoms with Gasteiger partial charge in [0, 0.05) is 6.54 Å². The van der Waals surface area contributed by atoms with Crippen molar-refractivity contribution >= 4 is 23.9 Å². The number of fused-ring (bicyclic) bond motifs is 1. The summed E-state index contributed by atoms with van der Waals surface area (Å²) in [4.78, 5) is 51.5. The number of nitrogens with one attached hydrogen (secondary N) is 2. The summed E-state index contributed by atoms with van der Waals surface area (Å²) in [6, 6.07) is 8.65. The van der Waals surface area contributed by atoms with Gasteiger partial charge in [0.1, 0.15) is 30.3 Å². The molecule has 1 aromatic carbocycles. The predicted octanol–water partition coefficient (Wildman–Crippen LogP) is 1.89. The van der Waals surface area contributed by atoms with E-state index in [1.807, 2.05) is 30.3 Å². The van der Waals surface area contributed by atoms with E-state index in [-0.39, 0.29) is 19.1 Å². The van der Waals surface area contributed by atoms with Crippen LogP contribution < -0.4 is 10.6 Å². The van der Waals surface area contributed by atoms with E-state index in [1.54, 1.807) is 25.7 Å². The number of hydrogen-bond donors (Lipinski definition) is 2. The van der Waals surface area contributed by atoms with Gasteiger partial charge in [-0.1, -0.05) is 30.3 Å². The Morgan fingerprint density at radius 1 is 1.16 bits per heavy atom. The highest BCUT2D eigenvalue weighted by atomic mass is 16.6. The number of rotatable bonds is 6. The van der Waals surface area contributed by atoms with E-state index in [4.69, 9.17) is 9.47 Å². The monoisotopic (exact) mass is 445 g/mol. The number of alkyl carbamates (subject to hydrolysis) is 1. The SMILES string of the molecule is CC(C)(C)OC(=O)NCC(=O)N[C@@H]1CC[C@@]2(C(=O)OCc3ccccc3)CCCN2C1=O. The molecular formula is C23H31N3O6. The highest BCUT2D eigenvalue weighted by Crippen LogP contribution is 2.39. The average molecular weight is 446 g/mol. The largest absolute Gasteiger partial charge is 0.459 e. The zero-order valence-corrected chi connectivity index (χ0v) is 18.8. The van der Waals surface area contributed by atoms with Gasteiger partial charge in [0.05, 0.1) is 0 Å². The van der Waals surface area contributed by atoms with Gasteiger partial charge in [0.25, 0.3) is 0 Å². The molecule has 0 spiro atoms. The van der Waals surface area contributed by atoms with Crippen molar-refractivity contribution in [3.63, 3.8) is 0 Å². The minimum absolute atomic E-state index is 0.153. The first-order chi connectivity index (χ1) is 15.1. The average Bonchev–Trinajstić information content (AvgIpc) is 3.18. The third-order valence-corrected chi connectivity index (χ3v) is 5.62. The molecule has 32 heavy (non-hydrogen) atoms. The lowest BCUT2D eigenvalue weighted by atomic mass is 9.84. The molecule has 0 aromatic heterocycles. The van der Waals surface area contributed by atoms with Crippen LogP contribution in [-0.2, 0) is 30.5 Å². The van der Waals surface area contributed by atoms with Crippen molar-refractivity contribution in [3.8, 4) is 0 Å². The molecule has 0 bridgehead atoms. The van der Waals surface area contributed by atoms with Crippen molar-refractivity contribution in [3.05, 3.63) is 35.9 Å². The molecule has 2 N–H and O–H groups in total. The number of piperidine rings is 1. The topological polar surface area (TPSA) is 114 Å². The molecule has 2 saturated heterocycles. The van der Waals surface area contributed by atoms with Crippen LogP contribution in [0.25, 0.3) is 0 Å². The standard InChI is InChI=1S/C23H31N3O6/c1-22(2,3)32-21(30)24-14-18(27)25-17-10-12-23(11-7-13-26(23)19(17)28)20(29)31-15-16-8-5-4-6-9-16/h4-6,8-9,17H,7,10-15H2,1-3H3,(H,24,30)(H,25,27)/t17-,23-/m1/s1. The maximum absolute atomic E-state index is 13.0. The first-order valence-corrected chi connectivity index (χ1v) is 10.9. The molecule has 2 heterocycles. The van der Waals surface area contributed by atoms with Gasteiger partial charge in [-0.2, -0.15) is 0 Å². The van der Waals surface area contributed by atoms with Crippen molar-refractivity contribution in [2.75, 3.05) is 13.1 Å². The Kier molecular flexibility index (Phi) is 7.06. The number of carbonyl (C=O) groups excluding carboxylic acids is 4. The first kappa shape index (κ1) is 23.6. The van der Waals surface area contributed by atoms with Crippen LogP contribution in [0.1, 0.15) is 52.0 Å². The van der Waals surface area contributed by atoms with E-state index in [9.17, 15) is 19.2 Å². The van der Waals surface area contributed by atoms with Gasteiger partial charge in [-0.05, 0) is 52.0 Å². The Morgan fingerprint density at radius 3 is 2.56 bits per heavy atom. The minimum atomic E-state index is -0.970. The molecule has 174 valence electrons. The van der Waals surface area contributed by atoms with Crippen molar-refractivity contribution in [2.45, 2.75) is 70.2 Å². The van der Waals surface area contributed by atoms with E-state index >= 15 is 0 Å². The molecular weight excluding hydrogens is 414 g/mol. The summed E-state index contributed by atoms with van der Waals surface area (Å²) in [6.45, 7) is 5.46. The van der Waals surface area contributed by atoms with Gasteiger partial charge in [0.2, 0.25) is 11.8 Å². The lowest BCUT2D eigenvalue weighted by Crippen LogP contribution is -2.63. The maximum Gasteiger partial charge on any atom is 0.408 e. The van der Waals surface area contributed by atoms with Gasteiger partial charge in [-0.25, -0.2) is 9.59 Å². The maximum atomic E-state index is 13.0. The number of esters is 1. The van der Waals surface area contributed by atoms with Crippen molar-refractivity contribution in [1.29, 1.82) is 0 Å². The molecule has 3 amide bonds. The lowest BCUT2D eigenvalue weighted by Gasteiger charge is -2.42. The highest BCUT2D eigenvalue weighted by Gasteiger charge is 2.55. The summed E-state index contributed by atoms with van der Waals surface area (Å²) < 4.78 is 10.7. The number of benzene rings is 1. The number of ether oxygens (including phenoxy) is 2. The zero-order valence-electron chi connectivity index (χ0n) is 18.8. The number of amides is 3. The van der Waals surface area contributed by atoms with Gasteiger partial charge in [-0.3, -0.25) is 9.59 Å². The fourth-order valence-electron chi connectivity index (χ4n) is 4.17. The zero-order chi connectivity index (χ0) is 23.4. The number of carbonyl (C=O) groups is 4. The summed E-state index contributed by atoms with van der Waals surface area (Å²) in [7, 11) is 0. The fraction of sp³-hybridized carbons (Fsp3) is 0.565. The smallest absolute Gasteiger partial charge is 0.408 e. The van der Waals surface area contributed by atoms with Crippen LogP contribution in [0.5, 0.6) is 0 Å². The van der Waals surface area contributed by atoms with Gasteiger partial charge < -0.3 is 25.0 Å². The van der Waals surface area contributed by atoms with Gasteiger partial charge in [-0.15, -0.1) is 0 Å². The molecule has 1 aromatic rings. The Morgan fingerprint density at radius 2 is 1.88 bits per heavy atom. The van der Waals surface area contributed by atoms with Crippen LogP contribution in [0, 0.1) is 0 Å². The van der Waals surface area contributed by atoms with Crippen LogP contribution in [0.15, 0.2) is 30.3 Å². The quantitative estimate of drug-likeness (QED) is 0.647. The summed E-state index contributed by atoms with van der Waals surface area (Å²) in [5, 5.41) is 5.04. The Bertz CT molecular complexity index is 866. The molecule has 2 atom stereocenters. The lowest BCUT2D eigenvalue weighted by molar-refractivity contribution is -0.167. The van der Waals surface area contributed by atoms with E-state index < -0.39 is 35.2 Å². The Hall–Kier alpha value is -3.10. The van der Waals surface area contributed by atoms with E-state index in [0.29, 0.717) is 32.2 Å². The van der Waals surface area contributed by atoms with Gasteiger partial charge >= 0.3 is 12.1 Å². The minimum Gasteiger partial charge on any atom is -0.459 e. The molecule has 2 fully saturated rings. The van der Waals surface area contributed by atoms with E-state index in [2.05, 4.69) is 10.6 Å². The summed E-state index contributed by atoms with van der Waals surface area (Å²) in [6.07, 6.45) is 1.28. The predicted molar refractivity (Wildman–Crippen MR) is 115 cm³/mol. The second-order valence-corrected chi connectivity index (χ2v) is 9.20. The number of nitrogens with zero attached hydrogens (tertiary/aromatic N) is 1. The second kappa shape index (κ2) is 9.58. The number of hydrogen-bond acceptors (Lipinski definition) is 6. The van der Waals surface area contributed by atoms with Crippen LogP contribution in [0.2, 0.25) is 0 Å². The van der Waals surface area contributed by atoms with E-state index in [1.165, 1.54) is 0 Å². The van der Waals surface area contributed by atoms with E-state index in [0.717, 1.165) is 5.56 Å². The molecule has 0 unspecified atom stereocenters. The molecule has 9 heteroatoms. The van der Waals surface area contributed by atoms with Crippen LogP contribution in [0.4, 0.5) is 4.79 Å². The molecule has 9 nitrogen and oxygen atoms in total. The molecule has 0 radical (unpaired) electrons. The molecule has 0 saturated carbocycles. The van der Waals surface area contributed by atoms with Crippen molar-refractivity contribution < 1.29 is 28.7 Å². The van der Waals surface area contributed by atoms with Crippen LogP contribution in [-0.4, -0.2) is 59.0 Å². The molecule has 0 aliphatic carbocycles. The second-order valence-electron chi connectivity index (χ2n) is 9.20. The van der Waals surface area contributed by atoms with Crippen LogP contribution in [0.3, 0.4) is 0 Å². The van der Waals surface area contributed by atoms with Crippen LogP contribution >= 0.6 is 0 Å². The summed E-state index contributed by atoms with van der Waals surface area (Å²) >= 11 is 0. The summed E-state index contributed by atoms with van der Waals surface area (Å²) in [5.74, 6) is -1.19. The normalized spacial score (nSPS) is 22.7. The Labute approximate surface area is 187 Å². The third-order valence-electron chi connectivity index (χ3n) is 5.62. The molecule has 2 aliphatic rings. The molecule has 2 aliphatic heterocycles. The van der Waals surface area contributed by atoms with Crippen molar-refractivity contribution in [1.82, 2.24) is 15.5 Å². The molecule has 3 rings (SSSR count). The highest BCUT2D eigenvalue weighted by molar-refractivity contribution is 5.95. The fourth-order valence-corrected chi connectivity index (χ4v) is 4.17. The van der Waals surface area contributed by atoms with Gasteiger partial charge in [0.15, 0.2) is 0 Å². The Balaban J connectivity index is 1.54. The first-order valence-electron chi connectivity index (χ1n) is 10.9. The van der Waals surface area contributed by atoms with Crippen molar-refractivity contribution in [2.24, 2.45) is 0 Å². The third kappa shape index (κ3) is 5.57. The summed E-state index contributed by atoms with van der Waals surface area (Å²) in [5.41, 5.74) is -0.762.